The smallest absolute Gasteiger partial charge is 0.308 e. The minimum absolute atomic E-state index is 0.0444. The lowest BCUT2D eigenvalue weighted by Gasteiger charge is -2.21. The van der Waals surface area contributed by atoms with Crippen molar-refractivity contribution in [2.45, 2.75) is 227 Å². The van der Waals surface area contributed by atoms with E-state index in [1.807, 2.05) is 0 Å². The maximum absolute atomic E-state index is 12.8. The van der Waals surface area contributed by atoms with Gasteiger partial charge in [0.05, 0.1) is 31.7 Å². The molecule has 0 aliphatic rings. The second-order valence-corrected chi connectivity index (χ2v) is 15.6. The molecule has 0 fully saturated rings. The van der Waals surface area contributed by atoms with E-state index in [2.05, 4.69) is 32.6 Å². The third kappa shape index (κ3) is 33.2. The fraction of sp³-hybridized carbons (Fsp3) is 0.956. The van der Waals surface area contributed by atoms with E-state index in [4.69, 9.17) is 9.47 Å². The average Bonchev–Trinajstić information content (AvgIpc) is 3.13. The average molecular weight is 724 g/mol. The number of esters is 2. The number of hydrogen-bond acceptors (Lipinski definition) is 6. The van der Waals surface area contributed by atoms with Crippen LogP contribution in [-0.2, 0) is 19.1 Å². The van der Waals surface area contributed by atoms with Crippen molar-refractivity contribution in [2.75, 3.05) is 39.5 Å². The minimum atomic E-state index is 0.0444. The zero-order chi connectivity index (χ0) is 37.5. The highest BCUT2D eigenvalue weighted by Crippen LogP contribution is 2.21. The molecule has 0 aromatic rings. The molecule has 304 valence electrons. The molecule has 0 bridgehead atoms. The van der Waals surface area contributed by atoms with E-state index in [1.54, 1.807) is 0 Å². The quantitative estimate of drug-likeness (QED) is 0.0500. The molecular weight excluding hydrogens is 634 g/mol. The van der Waals surface area contributed by atoms with Crippen molar-refractivity contribution in [1.29, 1.82) is 0 Å². The summed E-state index contributed by atoms with van der Waals surface area (Å²) in [6.07, 6.45) is 36.2. The van der Waals surface area contributed by atoms with Crippen LogP contribution in [0.5, 0.6) is 0 Å². The first-order valence-electron chi connectivity index (χ1n) is 22.7. The van der Waals surface area contributed by atoms with Gasteiger partial charge < -0.3 is 19.5 Å². The maximum atomic E-state index is 12.8. The predicted molar refractivity (Wildman–Crippen MR) is 218 cm³/mol. The third-order valence-corrected chi connectivity index (χ3v) is 10.7. The number of aliphatic hydroxyl groups is 1. The zero-order valence-corrected chi connectivity index (χ0v) is 34.8. The highest BCUT2D eigenvalue weighted by atomic mass is 16.5. The molecule has 0 saturated heterocycles. The summed E-state index contributed by atoms with van der Waals surface area (Å²) in [5.74, 6) is 0.321. The Balaban J connectivity index is 3.87. The van der Waals surface area contributed by atoms with Gasteiger partial charge in [-0.3, -0.25) is 9.59 Å². The molecule has 0 heterocycles. The highest BCUT2D eigenvalue weighted by molar-refractivity contribution is 5.72. The lowest BCUT2D eigenvalue weighted by molar-refractivity contribution is -0.150. The summed E-state index contributed by atoms with van der Waals surface area (Å²) in [7, 11) is 0. The van der Waals surface area contributed by atoms with Gasteiger partial charge in [-0.25, -0.2) is 0 Å². The van der Waals surface area contributed by atoms with Gasteiger partial charge in [-0.2, -0.15) is 0 Å². The van der Waals surface area contributed by atoms with Crippen molar-refractivity contribution in [3.63, 3.8) is 0 Å². The molecule has 0 amide bonds. The monoisotopic (exact) mass is 724 g/mol. The number of ether oxygens (including phenoxy) is 2. The Hall–Kier alpha value is -1.14. The second-order valence-electron chi connectivity index (χ2n) is 15.6. The number of aliphatic hydroxyl groups excluding tert-OH is 1. The van der Waals surface area contributed by atoms with Gasteiger partial charge in [-0.1, -0.05) is 175 Å². The Morgan fingerprint density at radius 1 is 0.412 bits per heavy atom. The number of nitrogens with zero attached hydrogens (tertiary/aromatic N) is 1. The Morgan fingerprint density at radius 3 is 1.12 bits per heavy atom. The molecule has 1 atom stereocenters. The van der Waals surface area contributed by atoms with Gasteiger partial charge in [0.2, 0.25) is 0 Å². The molecule has 0 aromatic carbocycles. The van der Waals surface area contributed by atoms with Crippen LogP contribution in [0.4, 0.5) is 0 Å². The number of hydrogen-bond donors (Lipinski definition) is 1. The van der Waals surface area contributed by atoms with Crippen molar-refractivity contribution in [1.82, 2.24) is 4.90 Å². The van der Waals surface area contributed by atoms with Crippen molar-refractivity contribution in [3.05, 3.63) is 0 Å². The lowest BCUT2D eigenvalue weighted by Crippen LogP contribution is -2.29. The molecule has 0 spiro atoms. The first kappa shape index (κ1) is 49.9. The fourth-order valence-electron chi connectivity index (χ4n) is 7.19. The van der Waals surface area contributed by atoms with E-state index in [-0.39, 0.29) is 30.4 Å². The summed E-state index contributed by atoms with van der Waals surface area (Å²) < 4.78 is 11.4. The van der Waals surface area contributed by atoms with Crippen molar-refractivity contribution in [2.24, 2.45) is 11.8 Å². The van der Waals surface area contributed by atoms with E-state index in [0.29, 0.717) is 13.2 Å². The SMILES string of the molecule is CCCCCCC(CCCCCC)C(=O)OCCCCCCCCCN(CCO)CCCCCCCCCOC(=O)C(CCCC)CCCCC. The van der Waals surface area contributed by atoms with E-state index in [1.165, 1.54) is 116 Å². The number of carbonyl (C=O) groups excluding carboxylic acids is 2. The van der Waals surface area contributed by atoms with Gasteiger partial charge in [0.25, 0.3) is 0 Å². The minimum Gasteiger partial charge on any atom is -0.465 e. The molecule has 6 nitrogen and oxygen atoms in total. The van der Waals surface area contributed by atoms with Gasteiger partial charge in [-0.05, 0) is 64.5 Å². The van der Waals surface area contributed by atoms with E-state index >= 15 is 0 Å². The van der Waals surface area contributed by atoms with Gasteiger partial charge in [0.1, 0.15) is 0 Å². The van der Waals surface area contributed by atoms with Crippen LogP contribution < -0.4 is 0 Å². The van der Waals surface area contributed by atoms with Crippen LogP contribution >= 0.6 is 0 Å². The standard InChI is InChI=1S/C45H89NO5/c1-5-9-13-26-34-43(35-27-14-10-6-2)45(49)51-41-31-24-20-16-18-22-29-37-46(38-39-47)36-28-21-17-15-19-23-30-40-50-44(48)42(32-12-8-4)33-25-11-7-3/h42-43,47H,5-41H2,1-4H3. The summed E-state index contributed by atoms with van der Waals surface area (Å²) in [4.78, 5) is 27.8. The molecule has 0 saturated carbocycles. The normalized spacial score (nSPS) is 12.2. The Labute approximate surface area is 318 Å². The molecule has 0 rings (SSSR count). The molecule has 0 radical (unpaired) electrons. The Kier molecular flexibility index (Phi) is 39.2. The van der Waals surface area contributed by atoms with Crippen LogP contribution in [0.3, 0.4) is 0 Å². The Morgan fingerprint density at radius 2 is 0.725 bits per heavy atom. The van der Waals surface area contributed by atoms with Crippen LogP contribution in [-0.4, -0.2) is 61.4 Å². The largest absolute Gasteiger partial charge is 0.465 e. The number of rotatable bonds is 41. The van der Waals surface area contributed by atoms with Crippen LogP contribution in [0.1, 0.15) is 227 Å². The zero-order valence-electron chi connectivity index (χ0n) is 34.8. The molecule has 51 heavy (non-hydrogen) atoms. The summed E-state index contributed by atoms with van der Waals surface area (Å²) in [5, 5.41) is 9.55. The summed E-state index contributed by atoms with van der Waals surface area (Å²) in [5.41, 5.74) is 0. The van der Waals surface area contributed by atoms with Crippen LogP contribution in [0.25, 0.3) is 0 Å². The molecule has 6 heteroatoms. The molecule has 0 aliphatic heterocycles. The number of unbranched alkanes of at least 4 members (excludes halogenated alkanes) is 21. The highest BCUT2D eigenvalue weighted by Gasteiger charge is 2.20. The van der Waals surface area contributed by atoms with Gasteiger partial charge in [0.15, 0.2) is 0 Å². The summed E-state index contributed by atoms with van der Waals surface area (Å²) >= 11 is 0. The van der Waals surface area contributed by atoms with Crippen LogP contribution in [0.15, 0.2) is 0 Å². The number of carbonyl (C=O) groups is 2. The van der Waals surface area contributed by atoms with E-state index < -0.39 is 0 Å². The molecule has 0 aliphatic carbocycles. The molecule has 0 aromatic heterocycles. The maximum Gasteiger partial charge on any atom is 0.308 e. The fourth-order valence-corrected chi connectivity index (χ4v) is 7.19. The molecule has 1 N–H and O–H groups in total. The Bertz CT molecular complexity index is 719. The first-order valence-corrected chi connectivity index (χ1v) is 22.7. The second kappa shape index (κ2) is 40.1. The van der Waals surface area contributed by atoms with Crippen LogP contribution in [0.2, 0.25) is 0 Å². The topological polar surface area (TPSA) is 76.1 Å². The van der Waals surface area contributed by atoms with E-state index in [0.717, 1.165) is 103 Å². The summed E-state index contributed by atoms with van der Waals surface area (Å²) in [6, 6.07) is 0. The van der Waals surface area contributed by atoms with Crippen molar-refractivity contribution >= 4 is 11.9 Å². The third-order valence-electron chi connectivity index (χ3n) is 10.7. The van der Waals surface area contributed by atoms with Crippen molar-refractivity contribution in [3.8, 4) is 0 Å². The molecule has 1 unspecified atom stereocenters. The predicted octanol–water partition coefficient (Wildman–Crippen LogP) is 12.8. The molecular formula is C45H89NO5. The van der Waals surface area contributed by atoms with E-state index in [9.17, 15) is 14.7 Å². The van der Waals surface area contributed by atoms with Gasteiger partial charge in [0, 0.05) is 6.54 Å². The van der Waals surface area contributed by atoms with Gasteiger partial charge in [-0.15, -0.1) is 0 Å². The van der Waals surface area contributed by atoms with Crippen molar-refractivity contribution < 1.29 is 24.2 Å². The van der Waals surface area contributed by atoms with Gasteiger partial charge >= 0.3 is 11.9 Å². The van der Waals surface area contributed by atoms with Crippen LogP contribution in [0, 0.1) is 11.8 Å². The first-order chi connectivity index (χ1) is 25.0. The summed E-state index contributed by atoms with van der Waals surface area (Å²) in [6.45, 7) is 13.3. The lowest BCUT2D eigenvalue weighted by atomic mass is 9.94.